The molecule has 0 aromatic carbocycles. The molecule has 4 N–H and O–H groups in total. The number of nitrogens with two attached hydrogens (primary N) is 2. The van der Waals surface area contributed by atoms with Crippen LogP contribution in [-0.4, -0.2) is 4.98 Å². The molecule has 0 saturated carbocycles. The lowest BCUT2D eigenvalue weighted by molar-refractivity contribution is 0.149. The van der Waals surface area contributed by atoms with Crippen molar-refractivity contribution >= 4 is 21.7 Å². The Bertz CT molecular complexity index is 317. The van der Waals surface area contributed by atoms with Crippen molar-refractivity contribution in [1.82, 2.24) is 4.98 Å². The van der Waals surface area contributed by atoms with E-state index < -0.39 is 6.43 Å². The number of pyridine rings is 1. The van der Waals surface area contributed by atoms with Gasteiger partial charge in [0.15, 0.2) is 0 Å². The zero-order chi connectivity index (χ0) is 10.0. The van der Waals surface area contributed by atoms with Crippen molar-refractivity contribution in [2.24, 2.45) is 5.73 Å². The summed E-state index contributed by atoms with van der Waals surface area (Å²) in [6, 6.07) is 0. The van der Waals surface area contributed by atoms with Gasteiger partial charge >= 0.3 is 0 Å². The average Bonchev–Trinajstić information content (AvgIpc) is 2.08. The second-order valence-corrected chi connectivity index (χ2v) is 3.19. The molecular weight excluding hydrogens is 244 g/mol. The van der Waals surface area contributed by atoms with Crippen LogP contribution in [0.3, 0.4) is 0 Å². The van der Waals surface area contributed by atoms with Gasteiger partial charge in [-0.2, -0.15) is 0 Å². The molecule has 6 heteroatoms. The minimum Gasteiger partial charge on any atom is -0.383 e. The lowest BCUT2D eigenvalue weighted by Crippen LogP contribution is -2.06. The molecule has 0 radical (unpaired) electrons. The number of anilines is 1. The van der Waals surface area contributed by atoms with Gasteiger partial charge in [-0.1, -0.05) is 0 Å². The first-order valence-electron chi connectivity index (χ1n) is 3.49. The molecule has 0 amide bonds. The summed E-state index contributed by atoms with van der Waals surface area (Å²) in [5, 5.41) is 0. The number of nitrogens with zero attached hydrogens (tertiary/aromatic N) is 1. The molecule has 13 heavy (non-hydrogen) atoms. The van der Waals surface area contributed by atoms with Crippen LogP contribution < -0.4 is 11.5 Å². The quantitative estimate of drug-likeness (QED) is 0.843. The van der Waals surface area contributed by atoms with Gasteiger partial charge in [-0.05, 0) is 21.5 Å². The van der Waals surface area contributed by atoms with E-state index in [1.54, 1.807) is 0 Å². The lowest BCUT2D eigenvalue weighted by Gasteiger charge is -2.09. The van der Waals surface area contributed by atoms with E-state index in [4.69, 9.17) is 11.5 Å². The molecule has 1 rings (SSSR count). The van der Waals surface area contributed by atoms with Gasteiger partial charge in [-0.3, -0.25) is 0 Å². The zero-order valence-electron chi connectivity index (χ0n) is 6.60. The average molecular weight is 252 g/mol. The Kier molecular flexibility index (Phi) is 3.16. The Hall–Kier alpha value is -0.750. The first kappa shape index (κ1) is 10.3. The monoisotopic (exact) mass is 251 g/mol. The summed E-state index contributed by atoms with van der Waals surface area (Å²) in [5.41, 5.74) is 10.8. The fourth-order valence-electron chi connectivity index (χ4n) is 0.951. The SMILES string of the molecule is NCc1cnc(N)c(Br)c1C(F)F. The fourth-order valence-corrected chi connectivity index (χ4v) is 1.48. The maximum atomic E-state index is 12.5. The summed E-state index contributed by atoms with van der Waals surface area (Å²) >= 11 is 2.95. The highest BCUT2D eigenvalue weighted by Gasteiger charge is 2.18. The van der Waals surface area contributed by atoms with Crippen molar-refractivity contribution in [3.63, 3.8) is 0 Å². The Morgan fingerprint density at radius 3 is 2.62 bits per heavy atom. The highest BCUT2D eigenvalue weighted by Crippen LogP contribution is 2.32. The van der Waals surface area contributed by atoms with Crippen LogP contribution in [0.15, 0.2) is 10.7 Å². The predicted molar refractivity (Wildman–Crippen MR) is 49.2 cm³/mol. The Morgan fingerprint density at radius 1 is 1.54 bits per heavy atom. The maximum Gasteiger partial charge on any atom is 0.265 e. The molecule has 0 atom stereocenters. The van der Waals surface area contributed by atoms with Crippen LogP contribution in [0.4, 0.5) is 14.6 Å². The molecule has 3 nitrogen and oxygen atoms in total. The van der Waals surface area contributed by atoms with Gasteiger partial charge in [-0.25, -0.2) is 13.8 Å². The summed E-state index contributed by atoms with van der Waals surface area (Å²) in [6.07, 6.45) is -1.33. The zero-order valence-corrected chi connectivity index (χ0v) is 8.18. The fraction of sp³-hybridized carbons (Fsp3) is 0.286. The molecule has 0 aliphatic heterocycles. The summed E-state index contributed by atoms with van der Waals surface area (Å²) in [6.45, 7) is 0.0194. The van der Waals surface area contributed by atoms with Crippen LogP contribution in [-0.2, 0) is 6.54 Å². The molecule has 0 spiro atoms. The van der Waals surface area contributed by atoms with Crippen LogP contribution in [0, 0.1) is 0 Å². The van der Waals surface area contributed by atoms with Crippen LogP contribution in [0.5, 0.6) is 0 Å². The molecule has 0 aliphatic rings. The third-order valence-electron chi connectivity index (χ3n) is 1.60. The second-order valence-electron chi connectivity index (χ2n) is 2.40. The van der Waals surface area contributed by atoms with Crippen molar-refractivity contribution in [3.05, 3.63) is 21.8 Å². The molecule has 0 saturated heterocycles. The summed E-state index contributed by atoms with van der Waals surface area (Å²) in [4.78, 5) is 3.71. The first-order valence-corrected chi connectivity index (χ1v) is 4.28. The van der Waals surface area contributed by atoms with Gasteiger partial charge < -0.3 is 11.5 Å². The Labute approximate surface area is 82.3 Å². The summed E-state index contributed by atoms with van der Waals surface area (Å²) in [5.74, 6) is 0.0486. The van der Waals surface area contributed by atoms with Crippen molar-refractivity contribution in [1.29, 1.82) is 0 Å². The number of rotatable bonds is 2. The highest BCUT2D eigenvalue weighted by molar-refractivity contribution is 9.10. The minimum atomic E-state index is -2.60. The number of aromatic nitrogens is 1. The van der Waals surface area contributed by atoms with E-state index in [-0.39, 0.29) is 22.4 Å². The van der Waals surface area contributed by atoms with E-state index in [0.717, 1.165) is 0 Å². The standard InChI is InChI=1S/C7H8BrF2N3/c8-5-4(6(9)10)3(1-11)2-13-7(5)12/h2,6H,1,11H2,(H2,12,13). The van der Waals surface area contributed by atoms with Gasteiger partial charge in [0.05, 0.1) is 4.47 Å². The Morgan fingerprint density at radius 2 is 2.15 bits per heavy atom. The third kappa shape index (κ3) is 1.94. The summed E-state index contributed by atoms with van der Waals surface area (Å²) in [7, 11) is 0. The van der Waals surface area contributed by atoms with Gasteiger partial charge in [-0.15, -0.1) is 0 Å². The number of alkyl halides is 2. The van der Waals surface area contributed by atoms with Crippen LogP contribution in [0.25, 0.3) is 0 Å². The molecule has 0 unspecified atom stereocenters. The van der Waals surface area contributed by atoms with E-state index >= 15 is 0 Å². The molecule has 1 heterocycles. The van der Waals surface area contributed by atoms with Gasteiger partial charge in [0.1, 0.15) is 5.82 Å². The number of hydrogen-bond acceptors (Lipinski definition) is 3. The molecule has 0 aliphatic carbocycles. The molecule has 0 bridgehead atoms. The van der Waals surface area contributed by atoms with Crippen LogP contribution in [0.2, 0.25) is 0 Å². The van der Waals surface area contributed by atoms with Crippen LogP contribution in [0.1, 0.15) is 17.6 Å². The molecular formula is C7H8BrF2N3. The highest BCUT2D eigenvalue weighted by atomic mass is 79.9. The van der Waals surface area contributed by atoms with E-state index in [9.17, 15) is 8.78 Å². The largest absolute Gasteiger partial charge is 0.383 e. The maximum absolute atomic E-state index is 12.5. The van der Waals surface area contributed by atoms with E-state index in [1.807, 2.05) is 0 Å². The number of halogens is 3. The minimum absolute atomic E-state index is 0.0194. The third-order valence-corrected chi connectivity index (χ3v) is 2.44. The van der Waals surface area contributed by atoms with E-state index in [1.165, 1.54) is 6.20 Å². The second kappa shape index (κ2) is 3.97. The van der Waals surface area contributed by atoms with Gasteiger partial charge in [0, 0.05) is 18.3 Å². The van der Waals surface area contributed by atoms with E-state index in [0.29, 0.717) is 5.56 Å². The van der Waals surface area contributed by atoms with Gasteiger partial charge in [0.25, 0.3) is 6.43 Å². The lowest BCUT2D eigenvalue weighted by atomic mass is 10.1. The van der Waals surface area contributed by atoms with Crippen molar-refractivity contribution < 1.29 is 8.78 Å². The normalized spacial score (nSPS) is 10.8. The topological polar surface area (TPSA) is 64.9 Å². The van der Waals surface area contributed by atoms with E-state index in [2.05, 4.69) is 20.9 Å². The van der Waals surface area contributed by atoms with Crippen LogP contribution >= 0.6 is 15.9 Å². The molecule has 72 valence electrons. The number of nitrogen functional groups attached to an aromatic ring is 1. The first-order chi connectivity index (χ1) is 6.07. The van der Waals surface area contributed by atoms with Crippen molar-refractivity contribution in [2.45, 2.75) is 13.0 Å². The molecule has 1 aromatic heterocycles. The molecule has 1 aromatic rings. The number of hydrogen-bond donors (Lipinski definition) is 2. The van der Waals surface area contributed by atoms with Crippen molar-refractivity contribution in [3.8, 4) is 0 Å². The smallest absolute Gasteiger partial charge is 0.265 e. The Balaban J connectivity index is 3.32. The van der Waals surface area contributed by atoms with Gasteiger partial charge in [0.2, 0.25) is 0 Å². The molecule has 0 fully saturated rings. The summed E-state index contributed by atoms with van der Waals surface area (Å²) < 4.78 is 25.1. The predicted octanol–water partition coefficient (Wildman–Crippen LogP) is 1.82. The van der Waals surface area contributed by atoms with Crippen molar-refractivity contribution in [2.75, 3.05) is 5.73 Å².